The fraction of sp³-hybridized carbons (Fsp3) is 0.562. The molecule has 0 saturated carbocycles. The molecule has 0 atom stereocenters. The summed E-state index contributed by atoms with van der Waals surface area (Å²) < 4.78 is 5.08. The summed E-state index contributed by atoms with van der Waals surface area (Å²) in [6, 6.07) is 5.27. The SMILES string of the molecule is CCCCCCCNC(=S)NCc1ccc(O)c(OC)c1. The van der Waals surface area contributed by atoms with Crippen LogP contribution in [-0.2, 0) is 6.54 Å². The average Bonchev–Trinajstić information content (AvgIpc) is 2.50. The molecule has 21 heavy (non-hydrogen) atoms. The van der Waals surface area contributed by atoms with Crippen molar-refractivity contribution in [3.63, 3.8) is 0 Å². The molecular formula is C16H26N2O2S. The molecule has 3 N–H and O–H groups in total. The summed E-state index contributed by atoms with van der Waals surface area (Å²) in [4.78, 5) is 0. The van der Waals surface area contributed by atoms with Crippen molar-refractivity contribution in [2.24, 2.45) is 0 Å². The second-order valence-electron chi connectivity index (χ2n) is 5.03. The zero-order valence-electron chi connectivity index (χ0n) is 12.9. The average molecular weight is 310 g/mol. The van der Waals surface area contributed by atoms with Crippen LogP contribution in [0.1, 0.15) is 44.6 Å². The Hall–Kier alpha value is -1.49. The normalized spacial score (nSPS) is 10.2. The maximum Gasteiger partial charge on any atom is 0.166 e. The number of methoxy groups -OCH3 is 1. The van der Waals surface area contributed by atoms with Crippen molar-refractivity contribution in [1.29, 1.82) is 0 Å². The monoisotopic (exact) mass is 310 g/mol. The van der Waals surface area contributed by atoms with Gasteiger partial charge in [0, 0.05) is 13.1 Å². The first kappa shape index (κ1) is 17.6. The fourth-order valence-corrected chi connectivity index (χ4v) is 2.18. The van der Waals surface area contributed by atoms with Crippen molar-refractivity contribution in [2.45, 2.75) is 45.6 Å². The highest BCUT2D eigenvalue weighted by Crippen LogP contribution is 2.26. The molecular weight excluding hydrogens is 284 g/mol. The van der Waals surface area contributed by atoms with Crippen LogP contribution in [0, 0.1) is 0 Å². The van der Waals surface area contributed by atoms with Crippen LogP contribution in [0.3, 0.4) is 0 Å². The predicted molar refractivity (Wildman–Crippen MR) is 90.9 cm³/mol. The predicted octanol–water partition coefficient (Wildman–Crippen LogP) is 3.34. The summed E-state index contributed by atoms with van der Waals surface area (Å²) in [6.45, 7) is 3.74. The zero-order valence-corrected chi connectivity index (χ0v) is 13.8. The minimum Gasteiger partial charge on any atom is -0.504 e. The molecule has 0 aliphatic carbocycles. The number of ether oxygens (including phenoxy) is 1. The molecule has 1 aromatic rings. The van der Waals surface area contributed by atoms with E-state index in [1.54, 1.807) is 12.1 Å². The molecule has 0 fully saturated rings. The van der Waals surface area contributed by atoms with Gasteiger partial charge in [-0.1, -0.05) is 38.7 Å². The van der Waals surface area contributed by atoms with E-state index in [0.717, 1.165) is 18.5 Å². The van der Waals surface area contributed by atoms with E-state index in [1.165, 1.54) is 32.8 Å². The van der Waals surface area contributed by atoms with Crippen LogP contribution in [0.2, 0.25) is 0 Å². The molecule has 0 amide bonds. The highest BCUT2D eigenvalue weighted by molar-refractivity contribution is 7.80. The lowest BCUT2D eigenvalue weighted by molar-refractivity contribution is 0.373. The number of thiocarbonyl (C=S) groups is 1. The second-order valence-corrected chi connectivity index (χ2v) is 5.44. The number of benzene rings is 1. The van der Waals surface area contributed by atoms with Gasteiger partial charge < -0.3 is 20.5 Å². The van der Waals surface area contributed by atoms with Gasteiger partial charge in [-0.05, 0) is 36.3 Å². The van der Waals surface area contributed by atoms with E-state index in [9.17, 15) is 5.11 Å². The standard InChI is InChI=1S/C16H26N2O2S/c1-3-4-5-6-7-10-17-16(21)18-12-13-8-9-14(19)15(11-13)20-2/h8-9,11,19H,3-7,10,12H2,1-2H3,(H2,17,18,21). The maximum absolute atomic E-state index is 9.53. The second kappa shape index (κ2) is 10.3. The first-order chi connectivity index (χ1) is 10.2. The number of hydrogen-bond acceptors (Lipinski definition) is 3. The number of nitrogens with one attached hydrogen (secondary N) is 2. The Kier molecular flexibility index (Phi) is 8.59. The van der Waals surface area contributed by atoms with Crippen molar-refractivity contribution in [1.82, 2.24) is 10.6 Å². The van der Waals surface area contributed by atoms with E-state index in [4.69, 9.17) is 17.0 Å². The summed E-state index contributed by atoms with van der Waals surface area (Å²) in [5, 5.41) is 16.6. The molecule has 0 aliphatic rings. The minimum atomic E-state index is 0.147. The van der Waals surface area contributed by atoms with E-state index in [-0.39, 0.29) is 5.75 Å². The minimum absolute atomic E-state index is 0.147. The van der Waals surface area contributed by atoms with E-state index >= 15 is 0 Å². The van der Waals surface area contributed by atoms with E-state index in [2.05, 4.69) is 17.6 Å². The van der Waals surface area contributed by atoms with Crippen molar-refractivity contribution in [2.75, 3.05) is 13.7 Å². The smallest absolute Gasteiger partial charge is 0.166 e. The van der Waals surface area contributed by atoms with Crippen molar-refractivity contribution in [3.8, 4) is 11.5 Å². The molecule has 0 bridgehead atoms. The Labute approximate surface area is 132 Å². The van der Waals surface area contributed by atoms with Gasteiger partial charge in [0.15, 0.2) is 16.6 Å². The summed E-state index contributed by atoms with van der Waals surface area (Å²) in [6.07, 6.45) is 6.27. The summed E-state index contributed by atoms with van der Waals surface area (Å²) >= 11 is 5.24. The topological polar surface area (TPSA) is 53.5 Å². The van der Waals surface area contributed by atoms with Crippen LogP contribution < -0.4 is 15.4 Å². The first-order valence-electron chi connectivity index (χ1n) is 7.55. The van der Waals surface area contributed by atoms with Crippen LogP contribution >= 0.6 is 12.2 Å². The third-order valence-corrected chi connectivity index (χ3v) is 3.55. The van der Waals surface area contributed by atoms with Crippen LogP contribution in [0.4, 0.5) is 0 Å². The highest BCUT2D eigenvalue weighted by Gasteiger charge is 2.03. The van der Waals surface area contributed by atoms with Crippen LogP contribution in [0.25, 0.3) is 0 Å². The molecule has 1 aromatic carbocycles. The van der Waals surface area contributed by atoms with E-state index in [0.29, 0.717) is 17.4 Å². The first-order valence-corrected chi connectivity index (χ1v) is 7.95. The van der Waals surface area contributed by atoms with E-state index < -0.39 is 0 Å². The van der Waals surface area contributed by atoms with Gasteiger partial charge in [-0.15, -0.1) is 0 Å². The van der Waals surface area contributed by atoms with Gasteiger partial charge in [-0.25, -0.2) is 0 Å². The number of hydrogen-bond donors (Lipinski definition) is 3. The molecule has 0 spiro atoms. The van der Waals surface area contributed by atoms with Crippen LogP contribution in [0.15, 0.2) is 18.2 Å². The number of phenolic OH excluding ortho intramolecular Hbond substituents is 1. The van der Waals surface area contributed by atoms with Gasteiger partial charge in [0.2, 0.25) is 0 Å². The lowest BCUT2D eigenvalue weighted by Gasteiger charge is -2.11. The number of unbranched alkanes of at least 4 members (excludes halogenated alkanes) is 4. The lowest BCUT2D eigenvalue weighted by Crippen LogP contribution is -2.35. The molecule has 0 radical (unpaired) electrons. The van der Waals surface area contributed by atoms with Gasteiger partial charge in [0.25, 0.3) is 0 Å². The summed E-state index contributed by atoms with van der Waals surface area (Å²) in [5.74, 6) is 0.623. The largest absolute Gasteiger partial charge is 0.504 e. The van der Waals surface area contributed by atoms with Crippen molar-refractivity contribution in [3.05, 3.63) is 23.8 Å². The van der Waals surface area contributed by atoms with Gasteiger partial charge in [-0.3, -0.25) is 0 Å². The Balaban J connectivity index is 2.21. The Morgan fingerprint density at radius 1 is 1.19 bits per heavy atom. The van der Waals surface area contributed by atoms with E-state index in [1.807, 2.05) is 6.07 Å². The maximum atomic E-state index is 9.53. The van der Waals surface area contributed by atoms with Gasteiger partial charge >= 0.3 is 0 Å². The fourth-order valence-electron chi connectivity index (χ4n) is 2.01. The van der Waals surface area contributed by atoms with Crippen LogP contribution in [-0.4, -0.2) is 23.9 Å². The molecule has 118 valence electrons. The molecule has 5 heteroatoms. The number of rotatable bonds is 9. The van der Waals surface area contributed by atoms with Gasteiger partial charge in [0.05, 0.1) is 7.11 Å². The summed E-state index contributed by atoms with van der Waals surface area (Å²) in [7, 11) is 1.54. The Bertz CT molecular complexity index is 438. The molecule has 0 heterocycles. The van der Waals surface area contributed by atoms with Crippen molar-refractivity contribution < 1.29 is 9.84 Å². The molecule has 0 aromatic heterocycles. The number of phenols is 1. The van der Waals surface area contributed by atoms with Crippen LogP contribution in [0.5, 0.6) is 11.5 Å². The third-order valence-electron chi connectivity index (χ3n) is 3.26. The van der Waals surface area contributed by atoms with Gasteiger partial charge in [-0.2, -0.15) is 0 Å². The molecule has 0 unspecified atom stereocenters. The third kappa shape index (κ3) is 7.18. The number of aromatic hydroxyl groups is 1. The molecule has 1 rings (SSSR count). The lowest BCUT2D eigenvalue weighted by atomic mass is 10.1. The molecule has 0 saturated heterocycles. The van der Waals surface area contributed by atoms with Crippen molar-refractivity contribution >= 4 is 17.3 Å². The zero-order chi connectivity index (χ0) is 15.5. The van der Waals surface area contributed by atoms with Gasteiger partial charge in [0.1, 0.15) is 0 Å². The Morgan fingerprint density at radius 3 is 2.67 bits per heavy atom. The molecule has 0 aliphatic heterocycles. The quantitative estimate of drug-likeness (QED) is 0.482. The summed E-state index contributed by atoms with van der Waals surface area (Å²) in [5.41, 5.74) is 1.01. The molecule has 4 nitrogen and oxygen atoms in total. The Morgan fingerprint density at radius 2 is 1.95 bits per heavy atom. The highest BCUT2D eigenvalue weighted by atomic mass is 32.1.